The first-order valence-electron chi connectivity index (χ1n) is 5.78. The molecule has 82 valence electrons. The number of hydrogen-bond acceptors (Lipinski definition) is 3. The highest BCUT2D eigenvalue weighted by atomic mass is 16.5. The largest absolute Gasteiger partial charge is 0.381 e. The average molecular weight is 199 g/mol. The Balaban J connectivity index is 1.82. The molecule has 2 saturated heterocycles. The van der Waals surface area contributed by atoms with E-state index in [-0.39, 0.29) is 0 Å². The molecule has 2 aliphatic heterocycles. The lowest BCUT2D eigenvalue weighted by Crippen LogP contribution is -2.44. The minimum absolute atomic E-state index is 0.423. The Bertz CT molecular complexity index is 145. The second-order valence-electron chi connectivity index (χ2n) is 4.42. The van der Waals surface area contributed by atoms with Crippen molar-refractivity contribution in [3.8, 4) is 0 Å². The van der Waals surface area contributed by atoms with Crippen molar-refractivity contribution in [1.29, 1.82) is 0 Å². The van der Waals surface area contributed by atoms with E-state index in [4.69, 9.17) is 9.47 Å². The molecule has 2 aliphatic rings. The Morgan fingerprint density at radius 2 is 2.00 bits per heavy atom. The van der Waals surface area contributed by atoms with Crippen LogP contribution in [-0.2, 0) is 9.47 Å². The van der Waals surface area contributed by atoms with E-state index in [1.54, 1.807) is 0 Å². The van der Waals surface area contributed by atoms with Crippen LogP contribution in [-0.4, -0.2) is 39.0 Å². The number of hydrogen-bond donors (Lipinski definition) is 1. The van der Waals surface area contributed by atoms with E-state index in [1.165, 1.54) is 12.8 Å². The molecule has 0 aromatic heterocycles. The van der Waals surface area contributed by atoms with Gasteiger partial charge < -0.3 is 14.8 Å². The van der Waals surface area contributed by atoms with Crippen LogP contribution in [0.3, 0.4) is 0 Å². The average Bonchev–Trinajstić information content (AvgIpc) is 2.30. The van der Waals surface area contributed by atoms with Crippen LogP contribution in [0.5, 0.6) is 0 Å². The summed E-state index contributed by atoms with van der Waals surface area (Å²) in [6.07, 6.45) is 2.84. The molecule has 14 heavy (non-hydrogen) atoms. The summed E-state index contributed by atoms with van der Waals surface area (Å²) < 4.78 is 11.2. The summed E-state index contributed by atoms with van der Waals surface area (Å²) >= 11 is 0. The van der Waals surface area contributed by atoms with Crippen LogP contribution in [0.25, 0.3) is 0 Å². The van der Waals surface area contributed by atoms with Crippen LogP contribution in [0.4, 0.5) is 0 Å². The van der Waals surface area contributed by atoms with Gasteiger partial charge in [0.1, 0.15) is 0 Å². The standard InChI is InChI=1S/C11H21NO2/c1-9(10-2-5-13-6-3-10)11-8-12-4-7-14-11/h9-12H,2-8H2,1H3. The lowest BCUT2D eigenvalue weighted by atomic mass is 9.83. The van der Waals surface area contributed by atoms with Crippen molar-refractivity contribution in [2.24, 2.45) is 11.8 Å². The molecule has 2 rings (SSSR count). The topological polar surface area (TPSA) is 30.5 Å². The van der Waals surface area contributed by atoms with Gasteiger partial charge in [0.2, 0.25) is 0 Å². The monoisotopic (exact) mass is 199 g/mol. The zero-order chi connectivity index (χ0) is 9.80. The van der Waals surface area contributed by atoms with Crippen molar-refractivity contribution in [1.82, 2.24) is 5.32 Å². The van der Waals surface area contributed by atoms with Gasteiger partial charge in [-0.05, 0) is 24.7 Å². The molecule has 3 nitrogen and oxygen atoms in total. The summed E-state index contributed by atoms with van der Waals surface area (Å²) in [5.41, 5.74) is 0. The zero-order valence-corrected chi connectivity index (χ0v) is 9.00. The van der Waals surface area contributed by atoms with Crippen LogP contribution in [0, 0.1) is 11.8 Å². The van der Waals surface area contributed by atoms with Gasteiger partial charge >= 0.3 is 0 Å². The van der Waals surface area contributed by atoms with Crippen LogP contribution in [0.1, 0.15) is 19.8 Å². The van der Waals surface area contributed by atoms with Crippen LogP contribution in [0.15, 0.2) is 0 Å². The molecule has 0 aromatic rings. The third-order valence-electron chi connectivity index (χ3n) is 3.55. The fraction of sp³-hybridized carbons (Fsp3) is 1.00. The molecule has 2 unspecified atom stereocenters. The predicted octanol–water partition coefficient (Wildman–Crippen LogP) is 1.04. The second-order valence-corrected chi connectivity index (χ2v) is 4.42. The molecule has 2 fully saturated rings. The van der Waals surface area contributed by atoms with Gasteiger partial charge in [-0.3, -0.25) is 0 Å². The third kappa shape index (κ3) is 2.47. The van der Waals surface area contributed by atoms with Gasteiger partial charge in [0.05, 0.1) is 12.7 Å². The van der Waals surface area contributed by atoms with Crippen molar-refractivity contribution >= 4 is 0 Å². The zero-order valence-electron chi connectivity index (χ0n) is 9.00. The van der Waals surface area contributed by atoms with Gasteiger partial charge in [-0.2, -0.15) is 0 Å². The number of ether oxygens (including phenoxy) is 2. The summed E-state index contributed by atoms with van der Waals surface area (Å²) in [4.78, 5) is 0. The van der Waals surface area contributed by atoms with Crippen molar-refractivity contribution < 1.29 is 9.47 Å². The first-order valence-corrected chi connectivity index (χ1v) is 5.78. The summed E-state index contributed by atoms with van der Waals surface area (Å²) in [7, 11) is 0. The quantitative estimate of drug-likeness (QED) is 0.720. The minimum atomic E-state index is 0.423. The Kier molecular flexibility index (Phi) is 3.79. The molecule has 2 atom stereocenters. The summed E-state index contributed by atoms with van der Waals surface area (Å²) in [6.45, 7) is 7.12. The van der Waals surface area contributed by atoms with Gasteiger partial charge in [-0.15, -0.1) is 0 Å². The minimum Gasteiger partial charge on any atom is -0.381 e. The summed E-state index contributed by atoms with van der Waals surface area (Å²) in [6, 6.07) is 0. The molecule has 3 heteroatoms. The number of nitrogens with one attached hydrogen (secondary N) is 1. The highest BCUT2D eigenvalue weighted by Gasteiger charge is 2.28. The molecule has 0 aliphatic carbocycles. The highest BCUT2D eigenvalue weighted by molar-refractivity contribution is 4.79. The molecule has 0 saturated carbocycles. The van der Waals surface area contributed by atoms with E-state index in [0.29, 0.717) is 12.0 Å². The lowest BCUT2D eigenvalue weighted by Gasteiger charge is -2.35. The molecular formula is C11H21NO2. The van der Waals surface area contributed by atoms with Crippen molar-refractivity contribution in [3.05, 3.63) is 0 Å². The first kappa shape index (κ1) is 10.4. The number of morpholine rings is 1. The Morgan fingerprint density at radius 3 is 2.64 bits per heavy atom. The Morgan fingerprint density at radius 1 is 1.21 bits per heavy atom. The molecule has 0 radical (unpaired) electrons. The van der Waals surface area contributed by atoms with E-state index >= 15 is 0 Å². The fourth-order valence-electron chi connectivity index (χ4n) is 2.47. The van der Waals surface area contributed by atoms with Crippen LogP contribution >= 0.6 is 0 Å². The molecule has 0 amide bonds. The van der Waals surface area contributed by atoms with Crippen LogP contribution in [0.2, 0.25) is 0 Å². The maximum atomic E-state index is 5.79. The Hall–Kier alpha value is -0.120. The van der Waals surface area contributed by atoms with E-state index in [1.807, 2.05) is 0 Å². The summed E-state index contributed by atoms with van der Waals surface area (Å²) in [5, 5.41) is 3.40. The Labute approximate surface area is 86.2 Å². The molecule has 1 N–H and O–H groups in total. The normalized spacial score (nSPS) is 32.8. The smallest absolute Gasteiger partial charge is 0.0728 e. The van der Waals surface area contributed by atoms with Gasteiger partial charge in [-0.25, -0.2) is 0 Å². The first-order chi connectivity index (χ1) is 6.88. The maximum Gasteiger partial charge on any atom is 0.0728 e. The van der Waals surface area contributed by atoms with Gasteiger partial charge in [-0.1, -0.05) is 6.92 Å². The highest BCUT2D eigenvalue weighted by Crippen LogP contribution is 2.27. The molecule has 0 aromatic carbocycles. The van der Waals surface area contributed by atoms with Crippen LogP contribution < -0.4 is 5.32 Å². The second kappa shape index (κ2) is 5.10. The van der Waals surface area contributed by atoms with Gasteiger partial charge in [0, 0.05) is 26.3 Å². The van der Waals surface area contributed by atoms with Crippen molar-refractivity contribution in [3.63, 3.8) is 0 Å². The van der Waals surface area contributed by atoms with E-state index in [0.717, 1.165) is 38.8 Å². The number of rotatable bonds is 2. The van der Waals surface area contributed by atoms with E-state index in [9.17, 15) is 0 Å². The maximum absolute atomic E-state index is 5.79. The molecule has 0 bridgehead atoms. The van der Waals surface area contributed by atoms with Crippen molar-refractivity contribution in [2.75, 3.05) is 32.9 Å². The SMILES string of the molecule is CC(C1CCOCC1)C1CNCCO1. The van der Waals surface area contributed by atoms with E-state index in [2.05, 4.69) is 12.2 Å². The van der Waals surface area contributed by atoms with Gasteiger partial charge in [0.25, 0.3) is 0 Å². The lowest BCUT2D eigenvalue weighted by molar-refractivity contribution is -0.0417. The predicted molar refractivity (Wildman–Crippen MR) is 55.3 cm³/mol. The van der Waals surface area contributed by atoms with E-state index < -0.39 is 0 Å². The van der Waals surface area contributed by atoms with Gasteiger partial charge in [0.15, 0.2) is 0 Å². The van der Waals surface area contributed by atoms with Crippen molar-refractivity contribution in [2.45, 2.75) is 25.9 Å². The molecular weight excluding hydrogens is 178 g/mol. The fourth-order valence-corrected chi connectivity index (χ4v) is 2.47. The molecule has 0 spiro atoms. The molecule has 2 heterocycles. The third-order valence-corrected chi connectivity index (χ3v) is 3.55. The summed E-state index contributed by atoms with van der Waals surface area (Å²) in [5.74, 6) is 1.47.